The number of carbonyl (C=O) groups is 2. The first-order valence-corrected chi connectivity index (χ1v) is 6.30. The van der Waals surface area contributed by atoms with Gasteiger partial charge in [0.2, 0.25) is 5.78 Å². The summed E-state index contributed by atoms with van der Waals surface area (Å²) in [6.45, 7) is -0.172. The zero-order valence-corrected chi connectivity index (χ0v) is 10.6. The van der Waals surface area contributed by atoms with Crippen LogP contribution in [0.15, 0.2) is 0 Å². The Balaban J connectivity index is 5.16. The molecule has 0 bridgehead atoms. The van der Waals surface area contributed by atoms with Gasteiger partial charge in [0.15, 0.2) is 5.78 Å². The second kappa shape index (κ2) is 7.00. The number of nitrogens with two attached hydrogens (primary N) is 1. The number of hydrogen-bond donors (Lipinski definition) is 5. The van der Waals surface area contributed by atoms with E-state index in [4.69, 9.17) is 15.4 Å². The molecule has 0 saturated heterocycles. The predicted octanol–water partition coefficient (Wildman–Crippen LogP) is -3.63. The van der Waals surface area contributed by atoms with E-state index in [9.17, 15) is 28.2 Å². The maximum Gasteiger partial charge on any atom is 0.397 e. The molecule has 0 saturated carbocycles. The number of Topliss-reactive ketones (excluding diaryl/α,β-unsaturated/α-hetero) is 2. The van der Waals surface area contributed by atoms with Gasteiger partial charge in [-0.1, -0.05) is 0 Å². The van der Waals surface area contributed by atoms with Crippen LogP contribution in [0.3, 0.4) is 0 Å². The van der Waals surface area contributed by atoms with Gasteiger partial charge in [-0.05, 0) is 0 Å². The molecule has 0 aliphatic heterocycles. The van der Waals surface area contributed by atoms with Crippen LogP contribution in [0.25, 0.3) is 0 Å². The Bertz CT molecular complexity index is 434. The third-order valence-corrected chi connectivity index (χ3v) is 2.62. The fraction of sp³-hybridized carbons (Fsp3) is 0.750. The number of carbonyl (C=O) groups excluding carboxylic acids is 2. The molecule has 4 atom stereocenters. The fourth-order valence-electron chi connectivity index (χ4n) is 1.19. The van der Waals surface area contributed by atoms with Gasteiger partial charge in [0.25, 0.3) is 0 Å². The fourth-order valence-corrected chi connectivity index (χ4v) is 1.71. The summed E-state index contributed by atoms with van der Waals surface area (Å²) in [6, 6.07) is -1.88. The van der Waals surface area contributed by atoms with Crippen molar-refractivity contribution in [3.8, 4) is 0 Å². The zero-order chi connectivity index (χ0) is 15.4. The Morgan fingerprint density at radius 2 is 1.79 bits per heavy atom. The molecule has 0 aliphatic rings. The van der Waals surface area contributed by atoms with Gasteiger partial charge in [-0.2, -0.15) is 8.42 Å². The highest BCUT2D eigenvalue weighted by Crippen LogP contribution is 2.12. The molecule has 19 heavy (non-hydrogen) atoms. The highest BCUT2D eigenvalue weighted by Gasteiger charge is 2.39. The van der Waals surface area contributed by atoms with Gasteiger partial charge < -0.3 is 21.1 Å². The maximum atomic E-state index is 11.2. The van der Waals surface area contributed by atoms with Crippen LogP contribution in [-0.2, 0) is 24.2 Å². The van der Waals surface area contributed by atoms with Crippen LogP contribution in [0.1, 0.15) is 6.92 Å². The molecule has 0 unspecified atom stereocenters. The molecule has 6 N–H and O–H groups in total. The molecule has 0 radical (unpaired) electrons. The minimum Gasteiger partial charge on any atom is -0.394 e. The third kappa shape index (κ3) is 5.69. The lowest BCUT2D eigenvalue weighted by atomic mass is 9.97. The summed E-state index contributed by atoms with van der Waals surface area (Å²) in [5, 5.41) is 27.5. The smallest absolute Gasteiger partial charge is 0.394 e. The van der Waals surface area contributed by atoms with E-state index in [-0.39, 0.29) is 0 Å². The summed E-state index contributed by atoms with van der Waals surface area (Å²) in [5.74, 6) is -2.24. The molecular formula is C8H15NO9S. The van der Waals surface area contributed by atoms with E-state index in [2.05, 4.69) is 4.18 Å². The summed E-state index contributed by atoms with van der Waals surface area (Å²) >= 11 is 0. The lowest BCUT2D eigenvalue weighted by Gasteiger charge is -2.27. The molecule has 0 heterocycles. The van der Waals surface area contributed by atoms with Crippen molar-refractivity contribution in [1.82, 2.24) is 0 Å². The van der Waals surface area contributed by atoms with Gasteiger partial charge in [0.1, 0.15) is 24.4 Å². The molecular weight excluding hydrogens is 286 g/mol. The molecule has 10 nitrogen and oxygen atoms in total. The second-order valence-corrected chi connectivity index (χ2v) is 4.72. The van der Waals surface area contributed by atoms with Gasteiger partial charge in [-0.15, -0.1) is 0 Å². The van der Waals surface area contributed by atoms with E-state index in [1.165, 1.54) is 0 Å². The molecule has 0 aromatic rings. The third-order valence-electron chi connectivity index (χ3n) is 2.15. The van der Waals surface area contributed by atoms with Crippen molar-refractivity contribution in [3.63, 3.8) is 0 Å². The minimum atomic E-state index is -5.09. The van der Waals surface area contributed by atoms with Crippen molar-refractivity contribution in [1.29, 1.82) is 0 Å². The van der Waals surface area contributed by atoms with Crippen LogP contribution >= 0.6 is 0 Å². The normalized spacial score (nSPS) is 18.4. The number of aliphatic hydroxyl groups is 3. The van der Waals surface area contributed by atoms with Gasteiger partial charge in [0.05, 0.1) is 6.61 Å². The topological polar surface area (TPSA) is 184 Å². The first-order chi connectivity index (χ1) is 8.51. The van der Waals surface area contributed by atoms with Crippen molar-refractivity contribution < 1.29 is 42.1 Å². The van der Waals surface area contributed by atoms with Crippen molar-refractivity contribution in [3.05, 3.63) is 0 Å². The molecule has 0 aromatic heterocycles. The number of aliphatic hydroxyl groups excluding tert-OH is 3. The summed E-state index contributed by atoms with van der Waals surface area (Å²) in [7, 11) is -5.09. The Kier molecular flexibility index (Phi) is 6.65. The lowest BCUT2D eigenvalue weighted by molar-refractivity contribution is -0.140. The number of hydrogen-bond acceptors (Lipinski definition) is 9. The van der Waals surface area contributed by atoms with Crippen molar-refractivity contribution in [2.75, 3.05) is 6.61 Å². The van der Waals surface area contributed by atoms with Crippen LogP contribution < -0.4 is 5.73 Å². The Morgan fingerprint density at radius 1 is 1.32 bits per heavy atom. The molecule has 0 amide bonds. The average Bonchev–Trinajstić information content (AvgIpc) is 2.30. The van der Waals surface area contributed by atoms with Crippen molar-refractivity contribution in [2.45, 2.75) is 31.3 Å². The molecule has 0 fully saturated rings. The summed E-state index contributed by atoms with van der Waals surface area (Å²) in [6.07, 6.45) is -6.21. The summed E-state index contributed by atoms with van der Waals surface area (Å²) in [4.78, 5) is 22.0. The number of rotatable bonds is 8. The molecule has 11 heteroatoms. The van der Waals surface area contributed by atoms with E-state index in [0.29, 0.717) is 0 Å². The van der Waals surface area contributed by atoms with Crippen LogP contribution in [-0.4, -0.2) is 70.8 Å². The molecule has 0 spiro atoms. The molecule has 0 rings (SSSR count). The van der Waals surface area contributed by atoms with E-state index >= 15 is 0 Å². The van der Waals surface area contributed by atoms with Crippen LogP contribution in [0.4, 0.5) is 0 Å². The average molecular weight is 301 g/mol. The number of ketones is 2. The predicted molar refractivity (Wildman–Crippen MR) is 59.2 cm³/mol. The largest absolute Gasteiger partial charge is 0.397 e. The Labute approximate surface area is 108 Å². The van der Waals surface area contributed by atoms with E-state index in [1.54, 1.807) is 0 Å². The summed E-state index contributed by atoms with van der Waals surface area (Å²) in [5.41, 5.74) is 5.20. The molecule has 0 aliphatic carbocycles. The van der Waals surface area contributed by atoms with Gasteiger partial charge in [-0.3, -0.25) is 14.1 Å². The standard InChI is InChI=1S/C8H15NO9S/c1-3(11)6(13)5(9)7(14)8(4(12)2-10)18-19(15,16)17/h4-5,7-8,10,12,14H,2,9H2,1H3,(H,15,16,17)/t4-,5+,7-,8-/m1/s1. The van der Waals surface area contributed by atoms with Crippen LogP contribution in [0.2, 0.25) is 0 Å². The van der Waals surface area contributed by atoms with Crippen molar-refractivity contribution >= 4 is 22.0 Å². The second-order valence-electron chi connectivity index (χ2n) is 3.68. The quantitative estimate of drug-likeness (QED) is 0.221. The highest BCUT2D eigenvalue weighted by molar-refractivity contribution is 7.80. The van der Waals surface area contributed by atoms with Crippen molar-refractivity contribution in [2.24, 2.45) is 5.73 Å². The first kappa shape index (κ1) is 18.0. The van der Waals surface area contributed by atoms with E-state index < -0.39 is 52.9 Å². The lowest BCUT2D eigenvalue weighted by Crippen LogP contribution is -2.55. The minimum absolute atomic E-state index is 0.871. The van der Waals surface area contributed by atoms with E-state index in [1.807, 2.05) is 0 Å². The molecule has 112 valence electrons. The van der Waals surface area contributed by atoms with E-state index in [0.717, 1.165) is 6.92 Å². The Hall–Kier alpha value is -0.950. The highest BCUT2D eigenvalue weighted by atomic mass is 32.3. The summed E-state index contributed by atoms with van der Waals surface area (Å²) < 4.78 is 33.5. The van der Waals surface area contributed by atoms with Crippen LogP contribution in [0, 0.1) is 0 Å². The zero-order valence-electron chi connectivity index (χ0n) is 9.83. The maximum absolute atomic E-state index is 11.2. The van der Waals surface area contributed by atoms with Crippen LogP contribution in [0.5, 0.6) is 0 Å². The van der Waals surface area contributed by atoms with Gasteiger partial charge >= 0.3 is 10.4 Å². The first-order valence-electron chi connectivity index (χ1n) is 4.94. The van der Waals surface area contributed by atoms with Gasteiger partial charge in [0, 0.05) is 6.92 Å². The Morgan fingerprint density at radius 3 is 2.11 bits per heavy atom. The monoisotopic (exact) mass is 301 g/mol. The molecule has 0 aromatic carbocycles. The van der Waals surface area contributed by atoms with Gasteiger partial charge in [-0.25, -0.2) is 4.18 Å². The SMILES string of the molecule is CC(=O)C(=O)[C@H](N)[C@@H](O)[C@H](OS(=O)(=O)O)[C@H](O)CO.